The Labute approximate surface area is 150 Å². The Kier molecular flexibility index (Phi) is 5.28. The van der Waals surface area contributed by atoms with Gasteiger partial charge in [0.25, 0.3) is 5.91 Å². The van der Waals surface area contributed by atoms with Crippen molar-refractivity contribution in [3.8, 4) is 0 Å². The molecule has 1 N–H and O–H groups in total. The summed E-state index contributed by atoms with van der Waals surface area (Å²) in [6, 6.07) is 6.74. The normalized spacial score (nSPS) is 13.0. The zero-order valence-corrected chi connectivity index (χ0v) is 14.8. The molecule has 0 saturated carbocycles. The monoisotopic (exact) mass is 357 g/mol. The average molecular weight is 357 g/mol. The fraction of sp³-hybridized carbons (Fsp3) is 0.316. The van der Waals surface area contributed by atoms with Gasteiger partial charge in [0.2, 0.25) is 0 Å². The van der Waals surface area contributed by atoms with Gasteiger partial charge in [0.05, 0.1) is 11.3 Å². The van der Waals surface area contributed by atoms with Crippen LogP contribution in [0, 0.1) is 0 Å². The smallest absolute Gasteiger partial charge is 0.339 e. The van der Waals surface area contributed by atoms with Crippen molar-refractivity contribution < 1.29 is 19.1 Å². The molecule has 1 aliphatic carbocycles. The summed E-state index contributed by atoms with van der Waals surface area (Å²) in [6.07, 6.45) is 4.13. The maximum absolute atomic E-state index is 12.3. The molecule has 0 spiro atoms. The minimum atomic E-state index is -0.467. The first-order valence-corrected chi connectivity index (χ1v) is 9.10. The third-order valence-electron chi connectivity index (χ3n) is 4.20. The molecule has 2 aromatic rings. The Morgan fingerprint density at radius 1 is 1.12 bits per heavy atom. The van der Waals surface area contributed by atoms with Gasteiger partial charge in [0.1, 0.15) is 0 Å². The van der Waals surface area contributed by atoms with Crippen molar-refractivity contribution in [3.63, 3.8) is 0 Å². The molecule has 0 unspecified atom stereocenters. The fourth-order valence-electron chi connectivity index (χ4n) is 2.96. The number of esters is 1. The number of para-hydroxylation sites is 1. The molecule has 130 valence electrons. The molecule has 25 heavy (non-hydrogen) atoms. The standard InChI is InChI=1S/C19H19NO4S/c1-12(21)13-6-2-4-8-16(13)20-18(22)10-24-19(23)15-11-25-17-9-5-3-7-14(15)17/h2,4,6,8,11H,3,5,7,9-10H2,1H3,(H,20,22). The molecule has 0 aliphatic heterocycles. The number of rotatable bonds is 5. The first kappa shape index (κ1) is 17.4. The van der Waals surface area contributed by atoms with Crippen LogP contribution in [-0.2, 0) is 22.4 Å². The zero-order chi connectivity index (χ0) is 17.8. The zero-order valence-electron chi connectivity index (χ0n) is 14.0. The Bertz CT molecular complexity index is 825. The molecule has 1 heterocycles. The van der Waals surface area contributed by atoms with Crippen LogP contribution in [0.5, 0.6) is 0 Å². The summed E-state index contributed by atoms with van der Waals surface area (Å²) in [5.74, 6) is -1.07. The first-order valence-electron chi connectivity index (χ1n) is 8.22. The number of ketones is 1. The number of nitrogens with one attached hydrogen (secondary N) is 1. The molecule has 1 aromatic carbocycles. The SMILES string of the molecule is CC(=O)c1ccccc1NC(=O)COC(=O)c1csc2c1CCCC2. The molecule has 0 saturated heterocycles. The lowest BCUT2D eigenvalue weighted by molar-refractivity contribution is -0.119. The lowest BCUT2D eigenvalue weighted by atomic mass is 9.96. The third-order valence-corrected chi connectivity index (χ3v) is 5.28. The van der Waals surface area contributed by atoms with E-state index in [1.165, 1.54) is 11.8 Å². The van der Waals surface area contributed by atoms with Gasteiger partial charge in [-0.1, -0.05) is 12.1 Å². The van der Waals surface area contributed by atoms with E-state index in [-0.39, 0.29) is 12.4 Å². The highest BCUT2D eigenvalue weighted by Crippen LogP contribution is 2.30. The van der Waals surface area contributed by atoms with Crippen molar-refractivity contribution in [2.24, 2.45) is 0 Å². The van der Waals surface area contributed by atoms with Crippen LogP contribution in [-0.4, -0.2) is 24.3 Å². The highest BCUT2D eigenvalue weighted by atomic mass is 32.1. The molecular weight excluding hydrogens is 338 g/mol. The van der Waals surface area contributed by atoms with E-state index in [1.807, 2.05) is 5.38 Å². The topological polar surface area (TPSA) is 72.5 Å². The predicted molar refractivity (Wildman–Crippen MR) is 96.3 cm³/mol. The van der Waals surface area contributed by atoms with Crippen molar-refractivity contribution in [1.29, 1.82) is 0 Å². The van der Waals surface area contributed by atoms with E-state index in [9.17, 15) is 14.4 Å². The van der Waals surface area contributed by atoms with Crippen LogP contribution in [0.25, 0.3) is 0 Å². The van der Waals surface area contributed by atoms with Gasteiger partial charge in [-0.05, 0) is 50.3 Å². The minimum Gasteiger partial charge on any atom is -0.452 e. The van der Waals surface area contributed by atoms with E-state index in [0.29, 0.717) is 16.8 Å². The number of ether oxygens (including phenoxy) is 1. The average Bonchev–Trinajstić information content (AvgIpc) is 3.04. The van der Waals surface area contributed by atoms with Gasteiger partial charge < -0.3 is 10.1 Å². The van der Waals surface area contributed by atoms with E-state index in [4.69, 9.17) is 4.74 Å². The fourth-order valence-corrected chi connectivity index (χ4v) is 4.07. The lowest BCUT2D eigenvalue weighted by Crippen LogP contribution is -2.22. The summed E-state index contributed by atoms with van der Waals surface area (Å²) >= 11 is 1.58. The first-order chi connectivity index (χ1) is 12.1. The number of carbonyl (C=O) groups is 3. The molecule has 0 radical (unpaired) electrons. The summed E-state index contributed by atoms with van der Waals surface area (Å²) < 4.78 is 5.16. The molecule has 5 nitrogen and oxygen atoms in total. The highest BCUT2D eigenvalue weighted by Gasteiger charge is 2.21. The van der Waals surface area contributed by atoms with Gasteiger partial charge in [-0.25, -0.2) is 4.79 Å². The third kappa shape index (κ3) is 3.96. The minimum absolute atomic E-state index is 0.141. The number of hydrogen-bond donors (Lipinski definition) is 1. The van der Waals surface area contributed by atoms with E-state index in [1.54, 1.807) is 35.6 Å². The Balaban J connectivity index is 1.60. The van der Waals surface area contributed by atoms with Crippen LogP contribution in [0.15, 0.2) is 29.6 Å². The van der Waals surface area contributed by atoms with Crippen molar-refractivity contribution in [3.05, 3.63) is 51.2 Å². The molecule has 1 amide bonds. The molecule has 0 bridgehead atoms. The second kappa shape index (κ2) is 7.61. The molecule has 6 heteroatoms. The Hall–Kier alpha value is -2.47. The maximum Gasteiger partial charge on any atom is 0.339 e. The molecule has 0 fully saturated rings. The number of Topliss-reactive ketones (excluding diaryl/α,β-unsaturated/α-hetero) is 1. The van der Waals surface area contributed by atoms with Crippen molar-refractivity contribution in [1.82, 2.24) is 0 Å². The molecule has 3 rings (SSSR count). The quantitative estimate of drug-likeness (QED) is 0.655. The van der Waals surface area contributed by atoms with Crippen LogP contribution >= 0.6 is 11.3 Å². The lowest BCUT2D eigenvalue weighted by Gasteiger charge is -2.12. The van der Waals surface area contributed by atoms with Gasteiger partial charge in [-0.2, -0.15) is 0 Å². The second-order valence-corrected chi connectivity index (χ2v) is 6.95. The van der Waals surface area contributed by atoms with E-state index < -0.39 is 11.9 Å². The summed E-state index contributed by atoms with van der Waals surface area (Å²) in [5.41, 5.74) is 2.50. The predicted octanol–water partition coefficient (Wildman–Crippen LogP) is 3.63. The van der Waals surface area contributed by atoms with Crippen LogP contribution in [0.3, 0.4) is 0 Å². The number of thiophene rings is 1. The van der Waals surface area contributed by atoms with Crippen LogP contribution in [0.2, 0.25) is 0 Å². The maximum atomic E-state index is 12.3. The van der Waals surface area contributed by atoms with Crippen LogP contribution < -0.4 is 5.32 Å². The largest absolute Gasteiger partial charge is 0.452 e. The van der Waals surface area contributed by atoms with Crippen LogP contribution in [0.4, 0.5) is 5.69 Å². The summed E-state index contributed by atoms with van der Waals surface area (Å²) in [6.45, 7) is 1.06. The second-order valence-electron chi connectivity index (χ2n) is 5.98. The number of hydrogen-bond acceptors (Lipinski definition) is 5. The summed E-state index contributed by atoms with van der Waals surface area (Å²) in [5, 5.41) is 4.44. The van der Waals surface area contributed by atoms with Gasteiger partial charge in [0.15, 0.2) is 12.4 Å². The number of aryl methyl sites for hydroxylation is 1. The molecule has 1 aliphatic rings. The molecule has 1 aromatic heterocycles. The van der Waals surface area contributed by atoms with Crippen LogP contribution in [0.1, 0.15) is 50.9 Å². The van der Waals surface area contributed by atoms with Crippen molar-refractivity contribution in [2.45, 2.75) is 32.6 Å². The van der Waals surface area contributed by atoms with E-state index in [2.05, 4.69) is 5.32 Å². The number of anilines is 1. The van der Waals surface area contributed by atoms with Crippen molar-refractivity contribution >= 4 is 34.7 Å². The summed E-state index contributed by atoms with van der Waals surface area (Å²) in [7, 11) is 0. The Morgan fingerprint density at radius 2 is 1.88 bits per heavy atom. The van der Waals surface area contributed by atoms with E-state index in [0.717, 1.165) is 31.2 Å². The number of carbonyl (C=O) groups excluding carboxylic acids is 3. The van der Waals surface area contributed by atoms with Gasteiger partial charge >= 0.3 is 5.97 Å². The van der Waals surface area contributed by atoms with E-state index >= 15 is 0 Å². The summed E-state index contributed by atoms with van der Waals surface area (Å²) in [4.78, 5) is 37.1. The van der Waals surface area contributed by atoms with Gasteiger partial charge in [-0.3, -0.25) is 9.59 Å². The Morgan fingerprint density at radius 3 is 2.68 bits per heavy atom. The highest BCUT2D eigenvalue weighted by molar-refractivity contribution is 7.10. The molecular formula is C19H19NO4S. The number of amides is 1. The molecule has 0 atom stereocenters. The number of fused-ring (bicyclic) bond motifs is 1. The number of benzene rings is 1. The van der Waals surface area contributed by atoms with Gasteiger partial charge in [0, 0.05) is 15.8 Å². The van der Waals surface area contributed by atoms with Crippen molar-refractivity contribution in [2.75, 3.05) is 11.9 Å². The van der Waals surface area contributed by atoms with Gasteiger partial charge in [-0.15, -0.1) is 11.3 Å².